The van der Waals surface area contributed by atoms with Crippen LogP contribution in [0, 0.1) is 6.92 Å². The fraction of sp³-hybridized carbons (Fsp3) is 0.375. The zero-order valence-corrected chi connectivity index (χ0v) is 14.5. The minimum Gasteiger partial charge on any atom is -0.484 e. The van der Waals surface area contributed by atoms with Gasteiger partial charge < -0.3 is 14.5 Å². The molecule has 1 aliphatic rings. The molecule has 0 aliphatic heterocycles. The number of ether oxygens (including phenoxy) is 1. The van der Waals surface area contributed by atoms with Crippen molar-refractivity contribution in [3.05, 3.63) is 35.7 Å². The van der Waals surface area contributed by atoms with E-state index in [1.165, 1.54) is 0 Å². The smallest absolute Gasteiger partial charge is 0.321 e. The van der Waals surface area contributed by atoms with Crippen LogP contribution in [0.25, 0.3) is 0 Å². The summed E-state index contributed by atoms with van der Waals surface area (Å²) in [6.45, 7) is 2.12. The van der Waals surface area contributed by atoms with Gasteiger partial charge in [-0.2, -0.15) is 0 Å². The lowest BCUT2D eigenvalue weighted by Crippen LogP contribution is -2.41. The number of nitrogens with zero attached hydrogens (tertiary/aromatic N) is 2. The highest BCUT2D eigenvalue weighted by Crippen LogP contribution is 2.19. The van der Waals surface area contributed by atoms with Gasteiger partial charge in [-0.25, -0.2) is 4.79 Å². The van der Waals surface area contributed by atoms with Crippen LogP contribution in [0.2, 0.25) is 0 Å². The third-order valence-corrected chi connectivity index (χ3v) is 4.11. The van der Waals surface area contributed by atoms with Gasteiger partial charge in [-0.15, -0.1) is 10.2 Å². The summed E-state index contributed by atoms with van der Waals surface area (Å²) in [6, 6.07) is 7.36. The van der Waals surface area contributed by atoms with Crippen molar-refractivity contribution in [2.45, 2.75) is 37.6 Å². The monoisotopic (exact) mass is 362 g/mol. The normalized spacial score (nSPS) is 13.3. The molecule has 9 heteroatoms. The van der Waals surface area contributed by atoms with Crippen molar-refractivity contribution in [2.24, 2.45) is 0 Å². The van der Waals surface area contributed by atoms with E-state index in [9.17, 15) is 9.59 Å². The van der Waals surface area contributed by atoms with Crippen molar-refractivity contribution >= 4 is 23.7 Å². The summed E-state index contributed by atoms with van der Waals surface area (Å²) in [6.07, 6.45) is 1.93. The van der Waals surface area contributed by atoms with Crippen LogP contribution in [0.5, 0.6) is 5.75 Å². The van der Waals surface area contributed by atoms with E-state index in [0.717, 1.165) is 30.2 Å². The van der Waals surface area contributed by atoms with Gasteiger partial charge in [-0.05, 0) is 37.5 Å². The second-order valence-electron chi connectivity index (χ2n) is 5.65. The topological polar surface area (TPSA) is 106 Å². The van der Waals surface area contributed by atoms with E-state index in [4.69, 9.17) is 9.15 Å². The summed E-state index contributed by atoms with van der Waals surface area (Å²) >= 11 is 1.06. The zero-order valence-electron chi connectivity index (χ0n) is 13.7. The molecule has 2 N–H and O–H groups in total. The Kier molecular flexibility index (Phi) is 5.54. The maximum atomic E-state index is 11.7. The first kappa shape index (κ1) is 17.3. The Morgan fingerprint density at radius 3 is 2.96 bits per heavy atom. The first-order chi connectivity index (χ1) is 12.1. The molecule has 2 aromatic rings. The number of carbonyl (C=O) groups is 2. The van der Waals surface area contributed by atoms with E-state index in [1.54, 1.807) is 0 Å². The van der Waals surface area contributed by atoms with E-state index in [1.807, 2.05) is 31.2 Å². The summed E-state index contributed by atoms with van der Waals surface area (Å²) in [7, 11) is 0. The van der Waals surface area contributed by atoms with E-state index in [-0.39, 0.29) is 23.6 Å². The average Bonchev–Trinajstić information content (AvgIpc) is 3.26. The number of benzene rings is 1. The number of nitrogens with one attached hydrogen (secondary N) is 2. The van der Waals surface area contributed by atoms with Gasteiger partial charge in [0.15, 0.2) is 6.61 Å². The van der Waals surface area contributed by atoms with E-state index in [2.05, 4.69) is 20.8 Å². The molecule has 3 amide bonds. The second-order valence-corrected chi connectivity index (χ2v) is 6.58. The highest BCUT2D eigenvalue weighted by molar-refractivity contribution is 7.99. The molecule has 132 valence electrons. The Morgan fingerprint density at radius 2 is 2.20 bits per heavy atom. The third kappa shape index (κ3) is 5.79. The van der Waals surface area contributed by atoms with E-state index < -0.39 is 11.9 Å². The van der Waals surface area contributed by atoms with Crippen molar-refractivity contribution in [1.29, 1.82) is 0 Å². The molecule has 25 heavy (non-hydrogen) atoms. The first-order valence-corrected chi connectivity index (χ1v) is 8.82. The highest BCUT2D eigenvalue weighted by atomic mass is 32.2. The molecule has 1 aromatic heterocycles. The van der Waals surface area contributed by atoms with Crippen molar-refractivity contribution in [2.75, 3.05) is 5.75 Å². The molecule has 1 heterocycles. The van der Waals surface area contributed by atoms with E-state index >= 15 is 0 Å². The number of carbonyl (C=O) groups excluding carboxylic acids is 2. The van der Waals surface area contributed by atoms with Crippen LogP contribution in [0.3, 0.4) is 0 Å². The van der Waals surface area contributed by atoms with Crippen molar-refractivity contribution < 1.29 is 18.7 Å². The molecule has 1 aromatic carbocycles. The molecule has 0 spiro atoms. The Balaban J connectivity index is 1.40. The zero-order chi connectivity index (χ0) is 17.6. The number of imide groups is 1. The lowest BCUT2D eigenvalue weighted by Gasteiger charge is -2.04. The van der Waals surface area contributed by atoms with E-state index in [0.29, 0.717) is 11.6 Å². The van der Waals surface area contributed by atoms with Crippen LogP contribution < -0.4 is 15.4 Å². The van der Waals surface area contributed by atoms with Crippen molar-refractivity contribution in [1.82, 2.24) is 20.8 Å². The van der Waals surface area contributed by atoms with Crippen LogP contribution in [0.1, 0.15) is 24.3 Å². The van der Waals surface area contributed by atoms with Gasteiger partial charge in [-0.3, -0.25) is 10.1 Å². The second kappa shape index (κ2) is 8.02. The van der Waals surface area contributed by atoms with Gasteiger partial charge >= 0.3 is 6.03 Å². The molecule has 8 nitrogen and oxygen atoms in total. The number of aryl methyl sites for hydroxylation is 1. The minimum absolute atomic E-state index is 0.0124. The fourth-order valence-electron chi connectivity index (χ4n) is 1.94. The predicted molar refractivity (Wildman–Crippen MR) is 90.2 cm³/mol. The molecule has 0 atom stereocenters. The van der Waals surface area contributed by atoms with Gasteiger partial charge in [-0.1, -0.05) is 23.9 Å². The number of hydrogen-bond donors (Lipinski definition) is 2. The average molecular weight is 362 g/mol. The number of thioether (sulfide) groups is 1. The molecule has 1 aliphatic carbocycles. The van der Waals surface area contributed by atoms with Crippen LogP contribution in [-0.2, 0) is 11.4 Å². The first-order valence-electron chi connectivity index (χ1n) is 7.83. The summed E-state index contributed by atoms with van der Waals surface area (Å²) in [5.74, 6) is 0.626. The quantitative estimate of drug-likeness (QED) is 0.726. The fourth-order valence-corrected chi connectivity index (χ4v) is 2.52. The number of aromatic nitrogens is 2. The number of hydrogen-bond acceptors (Lipinski definition) is 7. The third-order valence-electron chi connectivity index (χ3n) is 3.29. The van der Waals surface area contributed by atoms with Crippen LogP contribution >= 0.6 is 11.8 Å². The molecule has 0 radical (unpaired) electrons. The molecule has 1 saturated carbocycles. The maximum Gasteiger partial charge on any atom is 0.321 e. The van der Waals surface area contributed by atoms with Crippen molar-refractivity contribution in [3.8, 4) is 5.75 Å². The van der Waals surface area contributed by atoms with Gasteiger partial charge in [0.2, 0.25) is 5.91 Å². The Morgan fingerprint density at radius 1 is 1.36 bits per heavy atom. The minimum atomic E-state index is -0.467. The van der Waals surface area contributed by atoms with Crippen molar-refractivity contribution in [3.63, 3.8) is 0 Å². The molecular formula is C16H18N4O4S. The predicted octanol–water partition coefficient (Wildman–Crippen LogP) is 2.04. The number of urea groups is 1. The Bertz CT molecular complexity index is 760. The molecule has 3 rings (SSSR count). The van der Waals surface area contributed by atoms with Gasteiger partial charge in [0.05, 0.1) is 5.75 Å². The number of amides is 3. The molecule has 0 bridgehead atoms. The lowest BCUT2D eigenvalue weighted by atomic mass is 10.2. The molecule has 0 saturated heterocycles. The Labute approximate surface area is 148 Å². The maximum absolute atomic E-state index is 11.7. The summed E-state index contributed by atoms with van der Waals surface area (Å²) in [4.78, 5) is 23.1. The van der Waals surface area contributed by atoms with Crippen LogP contribution in [0.15, 0.2) is 33.9 Å². The largest absolute Gasteiger partial charge is 0.484 e. The van der Waals surface area contributed by atoms with Crippen LogP contribution in [0.4, 0.5) is 4.79 Å². The molecule has 1 fully saturated rings. The summed E-state index contributed by atoms with van der Waals surface area (Å²) < 4.78 is 11.0. The summed E-state index contributed by atoms with van der Waals surface area (Å²) in [5, 5.41) is 12.9. The standard InChI is InChI=1S/C16H18N4O4S/c1-10-3-2-4-12(7-10)23-8-14-19-20-16(24-14)25-9-13(21)18-15(22)17-11-5-6-11/h2-4,7,11H,5-6,8-9H2,1H3,(H2,17,18,21,22). The molecule has 0 unspecified atom stereocenters. The van der Waals surface area contributed by atoms with Gasteiger partial charge in [0.25, 0.3) is 11.1 Å². The highest BCUT2D eigenvalue weighted by Gasteiger charge is 2.24. The number of rotatable bonds is 7. The molecular weight excluding hydrogens is 344 g/mol. The lowest BCUT2D eigenvalue weighted by molar-refractivity contribution is -0.117. The van der Waals surface area contributed by atoms with Gasteiger partial charge in [0.1, 0.15) is 5.75 Å². The Hall–Kier alpha value is -2.55. The van der Waals surface area contributed by atoms with Crippen LogP contribution in [-0.4, -0.2) is 33.9 Å². The SMILES string of the molecule is Cc1cccc(OCc2nnc(SCC(=O)NC(=O)NC3CC3)o2)c1. The van der Waals surface area contributed by atoms with Gasteiger partial charge in [0, 0.05) is 6.04 Å². The summed E-state index contributed by atoms with van der Waals surface area (Å²) in [5.41, 5.74) is 1.09.